The molecule has 0 amide bonds. The second-order valence-corrected chi connectivity index (χ2v) is 12.8. The van der Waals surface area contributed by atoms with Crippen molar-refractivity contribution in [2.24, 2.45) is 5.92 Å². The molecule has 0 unspecified atom stereocenters. The van der Waals surface area contributed by atoms with Crippen molar-refractivity contribution < 1.29 is 20.1 Å². The van der Waals surface area contributed by atoms with Crippen LogP contribution in [0.1, 0.15) is 129 Å². The number of aliphatic hydroxyl groups excluding tert-OH is 1. The molecule has 5 heterocycles. The average molecular weight is 615 g/mol. The molecule has 6 rings (SSSR count). The monoisotopic (exact) mass is 614 g/mol. The average Bonchev–Trinajstić information content (AvgIpc) is 3.70. The summed E-state index contributed by atoms with van der Waals surface area (Å²) in [7, 11) is 0. The minimum absolute atomic E-state index is 0. The first-order valence-electron chi connectivity index (χ1n) is 15.6. The molecule has 8 nitrogen and oxygen atoms in total. The van der Waals surface area contributed by atoms with Crippen molar-refractivity contribution in [1.82, 2.24) is 19.9 Å². The molecule has 3 atom stereocenters. The van der Waals surface area contributed by atoms with Crippen LogP contribution in [0.2, 0.25) is 0 Å². The predicted molar refractivity (Wildman–Crippen MR) is 175 cm³/mol. The van der Waals surface area contributed by atoms with E-state index < -0.39 is 12.1 Å². The number of aliphatic hydroxyl groups is 1. The third-order valence-electron chi connectivity index (χ3n) is 9.37. The topological polar surface area (TPSA) is 137 Å². The van der Waals surface area contributed by atoms with Gasteiger partial charge >= 0.3 is 23.1 Å². The van der Waals surface area contributed by atoms with Crippen LogP contribution in [-0.4, -0.2) is 44.1 Å². The summed E-state index contributed by atoms with van der Waals surface area (Å²) in [5.74, 6) is -1.21. The molecule has 9 heteroatoms. The van der Waals surface area contributed by atoms with Crippen LogP contribution < -0.4 is 20.2 Å². The summed E-state index contributed by atoms with van der Waals surface area (Å²) in [5, 5.41) is 35.9. The maximum Gasteiger partial charge on any atom is 2.00 e. The number of aromatic nitrogens is 4. The van der Waals surface area contributed by atoms with Gasteiger partial charge in [0.1, 0.15) is 0 Å². The Morgan fingerprint density at radius 2 is 1.76 bits per heavy atom. The van der Waals surface area contributed by atoms with Crippen LogP contribution in [0.25, 0.3) is 45.0 Å². The van der Waals surface area contributed by atoms with E-state index in [0.29, 0.717) is 52.1 Å². The second-order valence-electron chi connectivity index (χ2n) is 12.8. The van der Waals surface area contributed by atoms with Crippen LogP contribution in [0.5, 0.6) is 0 Å². The Hall–Kier alpha value is -3.40. The van der Waals surface area contributed by atoms with E-state index >= 15 is 0 Å². The van der Waals surface area contributed by atoms with Gasteiger partial charge in [-0.2, -0.15) is 0 Å². The molecule has 0 radical (unpaired) electrons. The molecule has 1 aliphatic carbocycles. The first kappa shape index (κ1) is 33.0. The van der Waals surface area contributed by atoms with Gasteiger partial charge in [0, 0.05) is 23.5 Å². The number of hydrogen-bond donors (Lipinski definition) is 1. The zero-order valence-corrected chi connectivity index (χ0v) is 28.5. The Balaban J connectivity index is 0.00000400. The fraction of sp³-hybridized carbons (Fsp3) is 0.417. The third kappa shape index (κ3) is 5.63. The summed E-state index contributed by atoms with van der Waals surface area (Å²) < 4.78 is 0. The largest absolute Gasteiger partial charge is 2.00 e. The van der Waals surface area contributed by atoms with E-state index in [1.807, 2.05) is 39.0 Å². The first-order valence-corrected chi connectivity index (χ1v) is 15.6. The number of nitrogens with zero attached hydrogens (tertiary/aromatic N) is 4. The van der Waals surface area contributed by atoms with Gasteiger partial charge in [0.05, 0.1) is 23.2 Å². The Kier molecular flexibility index (Phi) is 9.10. The maximum absolute atomic E-state index is 13.5. The van der Waals surface area contributed by atoms with Crippen LogP contribution in [0.4, 0.5) is 0 Å². The van der Waals surface area contributed by atoms with Gasteiger partial charge in [-0.25, -0.2) is 4.98 Å². The summed E-state index contributed by atoms with van der Waals surface area (Å²) in [5.41, 5.74) is 11.7. The number of rotatable bonds is 7. The van der Waals surface area contributed by atoms with E-state index in [9.17, 15) is 20.1 Å². The zero-order valence-electron chi connectivity index (χ0n) is 27.1. The van der Waals surface area contributed by atoms with E-state index in [-0.39, 0.29) is 47.1 Å². The molecule has 0 spiro atoms. The maximum atomic E-state index is 13.5. The number of carboxylic acid groups (broad SMARTS) is 1. The molecule has 0 aromatic carbocycles. The van der Waals surface area contributed by atoms with E-state index in [4.69, 9.17) is 19.9 Å². The minimum Gasteiger partial charge on any atom is -0.872 e. The fourth-order valence-corrected chi connectivity index (χ4v) is 7.10. The molecule has 0 fully saturated rings. The van der Waals surface area contributed by atoms with Gasteiger partial charge in [0.25, 0.3) is 0 Å². The van der Waals surface area contributed by atoms with Gasteiger partial charge in [0.15, 0.2) is 0 Å². The standard InChI is InChI=1S/C36H41N4O4.Mg/c1-8-21-28-15-29-23(11-16(2)3)18(5)25(37-29)14-30-33(20(7)41)19(6)27(38-30)13-26-17(4)22(9-10-32(43)44)35(39-26)24-12-31(42)34(21)36(24)40-28;/h12-17,20,22,41H,8-11H2,1-7H3,(H3-,37,38,39,40,42,43,44);/q-1;+2/p-3/t17-,20+,22-;/m0./s1. The number of carbonyl (C=O) groups is 1. The SMILES string of the molecule is CCc1c2c3[n-]c1cc1nc(cc4[n-]c(cc5nc(c3C=C2[O-])[C@@H](CCC(=O)[O-])[C@@H]5C)c(C)c4[C@@H](C)O)C(C)=C1CC(C)C.[Mg+2]. The Morgan fingerprint density at radius 1 is 1.04 bits per heavy atom. The number of carboxylic acids is 1. The van der Waals surface area contributed by atoms with Crippen LogP contribution in [0.3, 0.4) is 0 Å². The van der Waals surface area contributed by atoms with Crippen molar-refractivity contribution in [1.29, 1.82) is 0 Å². The van der Waals surface area contributed by atoms with E-state index in [0.717, 1.165) is 56.9 Å². The Morgan fingerprint density at radius 3 is 2.40 bits per heavy atom. The Labute approximate surface area is 279 Å². The molecule has 0 saturated heterocycles. The van der Waals surface area contributed by atoms with Gasteiger partial charge in [-0.15, -0.1) is 27.8 Å². The van der Waals surface area contributed by atoms with Crippen LogP contribution in [0, 0.1) is 12.8 Å². The second kappa shape index (κ2) is 12.4. The molecule has 45 heavy (non-hydrogen) atoms. The van der Waals surface area contributed by atoms with Crippen molar-refractivity contribution in [3.05, 3.63) is 68.8 Å². The third-order valence-corrected chi connectivity index (χ3v) is 9.37. The normalized spacial score (nSPS) is 17.9. The number of carbonyl (C=O) groups excluding carboxylic acids is 1. The number of allylic oxidation sites excluding steroid dienone is 2. The molecule has 3 aromatic heterocycles. The van der Waals surface area contributed by atoms with Gasteiger partial charge < -0.3 is 30.1 Å². The van der Waals surface area contributed by atoms with Gasteiger partial charge in [-0.05, 0) is 80.2 Å². The van der Waals surface area contributed by atoms with Crippen molar-refractivity contribution >= 4 is 74.1 Å². The van der Waals surface area contributed by atoms with Crippen molar-refractivity contribution in [2.45, 2.75) is 92.1 Å². The summed E-state index contributed by atoms with van der Waals surface area (Å²) >= 11 is 0. The van der Waals surface area contributed by atoms with E-state index in [1.54, 1.807) is 13.0 Å². The summed E-state index contributed by atoms with van der Waals surface area (Å²) in [6.45, 7) is 14.2. The molecule has 0 saturated carbocycles. The molecular weight excluding hydrogens is 577 g/mol. The number of aryl methyl sites for hydroxylation is 2. The number of hydrogen-bond acceptors (Lipinski definition) is 6. The summed E-state index contributed by atoms with van der Waals surface area (Å²) in [6, 6.07) is 5.89. The minimum atomic E-state index is -1.12. The Bertz CT molecular complexity index is 1930. The van der Waals surface area contributed by atoms with Crippen LogP contribution in [-0.2, 0) is 11.2 Å². The molecule has 1 N–H and O–H groups in total. The summed E-state index contributed by atoms with van der Waals surface area (Å²) in [6.07, 6.45) is 2.52. The number of aliphatic carboxylic acids is 1. The zero-order chi connectivity index (χ0) is 31.6. The molecule has 3 aromatic rings. The van der Waals surface area contributed by atoms with Crippen LogP contribution >= 0.6 is 0 Å². The molecule has 3 aliphatic rings. The van der Waals surface area contributed by atoms with Crippen molar-refractivity contribution in [3.63, 3.8) is 0 Å². The van der Waals surface area contributed by atoms with Gasteiger partial charge in [-0.3, -0.25) is 4.98 Å². The number of fused-ring (bicyclic) bond motifs is 8. The smallest absolute Gasteiger partial charge is 0.872 e. The van der Waals surface area contributed by atoms with Gasteiger partial charge in [-0.1, -0.05) is 63.1 Å². The van der Waals surface area contributed by atoms with Crippen LogP contribution in [0.15, 0.2) is 18.2 Å². The predicted octanol–water partition coefficient (Wildman–Crippen LogP) is 4.68. The van der Waals surface area contributed by atoms with E-state index in [1.165, 1.54) is 0 Å². The summed E-state index contributed by atoms with van der Waals surface area (Å²) in [4.78, 5) is 31.7. The molecule has 8 bridgehead atoms. The quantitative estimate of drug-likeness (QED) is 0.379. The molecule has 230 valence electrons. The molecule has 2 aliphatic heterocycles. The van der Waals surface area contributed by atoms with Crippen molar-refractivity contribution in [2.75, 3.05) is 0 Å². The van der Waals surface area contributed by atoms with Crippen molar-refractivity contribution in [3.8, 4) is 0 Å². The van der Waals surface area contributed by atoms with Gasteiger partial charge in [0.2, 0.25) is 0 Å². The van der Waals surface area contributed by atoms with E-state index in [2.05, 4.69) is 20.8 Å². The fourth-order valence-electron chi connectivity index (χ4n) is 7.10. The molecular formula is C36H38MgN4O4-2. The first-order chi connectivity index (χ1) is 20.9.